The van der Waals surface area contributed by atoms with Gasteiger partial charge in [0, 0.05) is 19.2 Å². The summed E-state index contributed by atoms with van der Waals surface area (Å²) in [6.45, 7) is -2.30. The summed E-state index contributed by atoms with van der Waals surface area (Å²) in [6.07, 6.45) is -7.54. The molecule has 28 heavy (non-hydrogen) atoms. The molecule has 14 heteroatoms. The van der Waals surface area contributed by atoms with E-state index in [1.807, 2.05) is 0 Å². The van der Waals surface area contributed by atoms with Crippen molar-refractivity contribution in [3.63, 3.8) is 0 Å². The molecular formula is C14H17F5N4O4S. The molecule has 1 fully saturated rings. The maximum absolute atomic E-state index is 13.5. The highest BCUT2D eigenvalue weighted by Crippen LogP contribution is 2.30. The Morgan fingerprint density at radius 1 is 1.43 bits per heavy atom. The third kappa shape index (κ3) is 5.05. The highest BCUT2D eigenvalue weighted by Gasteiger charge is 2.41. The summed E-state index contributed by atoms with van der Waals surface area (Å²) in [5, 5.41) is 10.6. The van der Waals surface area contributed by atoms with Crippen LogP contribution in [-0.2, 0) is 10.0 Å². The molecule has 0 spiro atoms. The van der Waals surface area contributed by atoms with E-state index in [4.69, 9.17) is 10.8 Å². The lowest BCUT2D eigenvalue weighted by Gasteiger charge is -2.31. The highest BCUT2D eigenvalue weighted by molar-refractivity contribution is 7.89. The average Bonchev–Trinajstić information content (AvgIpc) is 2.57. The number of carbonyl (C=O) groups is 1. The Kier molecular flexibility index (Phi) is 6.16. The van der Waals surface area contributed by atoms with Crippen molar-refractivity contribution >= 4 is 21.6 Å². The molecule has 0 aliphatic carbocycles. The average molecular weight is 432 g/mol. The summed E-state index contributed by atoms with van der Waals surface area (Å²) in [5.41, 5.74) is 4.50. The second kappa shape index (κ2) is 7.75. The fourth-order valence-corrected chi connectivity index (χ4v) is 3.95. The van der Waals surface area contributed by atoms with Crippen molar-refractivity contribution in [1.82, 2.24) is 14.6 Å². The molecule has 0 aromatic carbocycles. The fourth-order valence-electron chi connectivity index (χ4n) is 2.47. The van der Waals surface area contributed by atoms with Crippen molar-refractivity contribution in [1.29, 1.82) is 0 Å². The van der Waals surface area contributed by atoms with Crippen LogP contribution in [-0.4, -0.2) is 66.6 Å². The van der Waals surface area contributed by atoms with Crippen LogP contribution < -0.4 is 11.1 Å². The first-order chi connectivity index (χ1) is 12.7. The second-order valence-electron chi connectivity index (χ2n) is 6.17. The summed E-state index contributed by atoms with van der Waals surface area (Å²) in [4.78, 5) is 14.8. The van der Waals surface area contributed by atoms with Gasteiger partial charge in [-0.15, -0.1) is 0 Å². The molecule has 2 heterocycles. The fraction of sp³-hybridized carbons (Fsp3) is 0.571. The maximum atomic E-state index is 13.5. The molecular weight excluding hydrogens is 415 g/mol. The standard InChI is InChI=1S/C14H17F5N4O4S/c15-13(16)2-1-3-23(7-13)28(26,27)8-4-9(20)11(21-5-8)12(25)22-6-10(24)14(17,18)19/h4-5,10,24H,1-3,6-7,20H2,(H,22,25). The number of halogens is 5. The molecule has 2 rings (SSSR count). The van der Waals surface area contributed by atoms with E-state index in [9.17, 15) is 35.2 Å². The van der Waals surface area contributed by atoms with Gasteiger partial charge in [-0.3, -0.25) is 4.79 Å². The summed E-state index contributed by atoms with van der Waals surface area (Å²) in [7, 11) is -4.35. The molecule has 8 nitrogen and oxygen atoms in total. The molecule has 158 valence electrons. The predicted octanol–water partition coefficient (Wildman–Crippen LogP) is 0.737. The number of nitrogens with zero attached hydrogens (tertiary/aromatic N) is 2. The minimum Gasteiger partial charge on any atom is -0.397 e. The Balaban J connectivity index is 2.16. The number of amides is 1. The summed E-state index contributed by atoms with van der Waals surface area (Å²) in [5.74, 6) is -4.35. The van der Waals surface area contributed by atoms with Gasteiger partial charge < -0.3 is 16.2 Å². The Morgan fingerprint density at radius 2 is 2.07 bits per heavy atom. The number of hydrogen-bond acceptors (Lipinski definition) is 6. The number of pyridine rings is 1. The number of aliphatic hydroxyl groups is 1. The number of nitrogens with one attached hydrogen (secondary N) is 1. The van der Waals surface area contributed by atoms with Crippen molar-refractivity contribution < 1.29 is 40.3 Å². The van der Waals surface area contributed by atoms with Crippen LogP contribution in [0.5, 0.6) is 0 Å². The summed E-state index contributed by atoms with van der Waals surface area (Å²) < 4.78 is 89.2. The van der Waals surface area contributed by atoms with Crippen LogP contribution in [0, 0.1) is 0 Å². The Bertz CT molecular complexity index is 847. The highest BCUT2D eigenvalue weighted by atomic mass is 32.2. The molecule has 0 bridgehead atoms. The SMILES string of the molecule is Nc1cc(S(=O)(=O)N2CCCC(F)(F)C2)cnc1C(=O)NCC(O)C(F)(F)F. The first-order valence-electron chi connectivity index (χ1n) is 7.90. The lowest BCUT2D eigenvalue weighted by atomic mass is 10.1. The number of hydrogen-bond donors (Lipinski definition) is 3. The Labute approximate surface area is 156 Å². The monoisotopic (exact) mass is 432 g/mol. The molecule has 4 N–H and O–H groups in total. The largest absolute Gasteiger partial charge is 0.416 e. The normalized spacial score (nSPS) is 19.2. The van der Waals surface area contributed by atoms with Gasteiger partial charge in [0.25, 0.3) is 11.8 Å². The molecule has 1 aliphatic rings. The van der Waals surface area contributed by atoms with E-state index in [2.05, 4.69) is 4.98 Å². The van der Waals surface area contributed by atoms with E-state index in [-0.39, 0.29) is 13.0 Å². The molecule has 1 atom stereocenters. The predicted molar refractivity (Wildman–Crippen MR) is 86.0 cm³/mol. The van der Waals surface area contributed by atoms with E-state index in [0.29, 0.717) is 10.5 Å². The smallest absolute Gasteiger partial charge is 0.397 e. The number of carbonyl (C=O) groups excluding carboxylic acids is 1. The number of nitrogens with two attached hydrogens (primary N) is 1. The van der Waals surface area contributed by atoms with Crippen LogP contribution >= 0.6 is 0 Å². The van der Waals surface area contributed by atoms with Crippen molar-refractivity contribution in [2.24, 2.45) is 0 Å². The molecule has 1 aromatic rings. The van der Waals surface area contributed by atoms with Crippen molar-refractivity contribution in [2.45, 2.75) is 35.9 Å². The quantitative estimate of drug-likeness (QED) is 0.590. The summed E-state index contributed by atoms with van der Waals surface area (Å²) in [6, 6.07) is 0.810. The van der Waals surface area contributed by atoms with E-state index in [1.165, 1.54) is 0 Å². The van der Waals surface area contributed by atoms with Crippen LogP contribution in [0.1, 0.15) is 23.3 Å². The number of piperidine rings is 1. The molecule has 1 amide bonds. The lowest BCUT2D eigenvalue weighted by Crippen LogP contribution is -2.45. The van der Waals surface area contributed by atoms with Gasteiger partial charge in [-0.25, -0.2) is 22.2 Å². The number of aromatic nitrogens is 1. The van der Waals surface area contributed by atoms with Crippen LogP contribution in [0.2, 0.25) is 0 Å². The first-order valence-corrected chi connectivity index (χ1v) is 9.34. The van der Waals surface area contributed by atoms with Crippen LogP contribution in [0.4, 0.5) is 27.6 Å². The minimum atomic E-state index is -4.94. The van der Waals surface area contributed by atoms with Gasteiger partial charge in [0.15, 0.2) is 11.8 Å². The zero-order chi connectivity index (χ0) is 21.3. The van der Waals surface area contributed by atoms with E-state index >= 15 is 0 Å². The molecule has 0 saturated carbocycles. The van der Waals surface area contributed by atoms with Crippen molar-refractivity contribution in [3.05, 3.63) is 18.0 Å². The number of aliphatic hydroxyl groups excluding tert-OH is 1. The van der Waals surface area contributed by atoms with Crippen molar-refractivity contribution in [3.8, 4) is 0 Å². The van der Waals surface area contributed by atoms with Crippen molar-refractivity contribution in [2.75, 3.05) is 25.4 Å². The van der Waals surface area contributed by atoms with Crippen LogP contribution in [0.25, 0.3) is 0 Å². The number of sulfonamides is 1. The molecule has 1 unspecified atom stereocenters. The zero-order valence-corrected chi connectivity index (χ0v) is 15.0. The van der Waals surface area contributed by atoms with Gasteiger partial charge in [0.05, 0.1) is 18.8 Å². The topological polar surface area (TPSA) is 126 Å². The number of nitrogen functional groups attached to an aromatic ring is 1. The number of rotatable bonds is 5. The zero-order valence-electron chi connectivity index (χ0n) is 14.2. The maximum Gasteiger partial charge on any atom is 0.416 e. The number of anilines is 1. The van der Waals surface area contributed by atoms with E-state index in [1.54, 1.807) is 5.32 Å². The summed E-state index contributed by atoms with van der Waals surface area (Å²) >= 11 is 0. The van der Waals surface area contributed by atoms with Crippen LogP contribution in [0.15, 0.2) is 17.2 Å². The molecule has 1 aliphatic heterocycles. The first kappa shape index (κ1) is 22.2. The van der Waals surface area contributed by atoms with Gasteiger partial charge >= 0.3 is 6.18 Å². The molecule has 0 radical (unpaired) electrons. The second-order valence-corrected chi connectivity index (χ2v) is 8.11. The van der Waals surface area contributed by atoms with Gasteiger partial charge in [-0.2, -0.15) is 17.5 Å². The molecule has 1 aromatic heterocycles. The minimum absolute atomic E-state index is 0.0445. The van der Waals surface area contributed by atoms with Gasteiger partial charge in [0.2, 0.25) is 10.0 Å². The molecule has 1 saturated heterocycles. The van der Waals surface area contributed by atoms with Crippen LogP contribution in [0.3, 0.4) is 0 Å². The lowest BCUT2D eigenvalue weighted by molar-refractivity contribution is -0.201. The number of alkyl halides is 5. The Hall–Kier alpha value is -2.06. The van der Waals surface area contributed by atoms with E-state index in [0.717, 1.165) is 6.07 Å². The van der Waals surface area contributed by atoms with Gasteiger partial charge in [0.1, 0.15) is 4.90 Å². The van der Waals surface area contributed by atoms with E-state index < -0.39 is 69.9 Å². The third-order valence-electron chi connectivity index (χ3n) is 3.94. The van der Waals surface area contributed by atoms with Gasteiger partial charge in [-0.05, 0) is 12.5 Å². The Morgan fingerprint density at radius 3 is 2.61 bits per heavy atom. The third-order valence-corrected chi connectivity index (χ3v) is 5.75. The van der Waals surface area contributed by atoms with Gasteiger partial charge in [-0.1, -0.05) is 0 Å².